The van der Waals surface area contributed by atoms with Crippen LogP contribution in [0.15, 0.2) is 59.3 Å². The first-order valence-electron chi connectivity index (χ1n) is 9.58. The van der Waals surface area contributed by atoms with Crippen molar-refractivity contribution in [2.75, 3.05) is 5.32 Å². The number of hydrogen-bond acceptors (Lipinski definition) is 7. The highest BCUT2D eigenvalue weighted by atomic mass is 35.5. The molecule has 0 aliphatic heterocycles. The summed E-state index contributed by atoms with van der Waals surface area (Å²) in [6, 6.07) is 12.1. The maximum atomic E-state index is 12.5. The molecule has 0 saturated carbocycles. The van der Waals surface area contributed by atoms with Crippen LogP contribution in [0.25, 0.3) is 0 Å². The van der Waals surface area contributed by atoms with Gasteiger partial charge in [0.15, 0.2) is 5.76 Å². The highest BCUT2D eigenvalue weighted by molar-refractivity contribution is 6.42. The molecule has 10 nitrogen and oxygen atoms in total. The van der Waals surface area contributed by atoms with Crippen molar-refractivity contribution in [3.05, 3.63) is 97.1 Å². The third kappa shape index (κ3) is 5.66. The fraction of sp³-hybridized carbons (Fsp3) is 0.0952. The van der Waals surface area contributed by atoms with Crippen LogP contribution in [0.2, 0.25) is 15.1 Å². The summed E-state index contributed by atoms with van der Waals surface area (Å²) in [6.45, 7) is 0.342. The summed E-state index contributed by atoms with van der Waals surface area (Å²) in [5.41, 5.74) is 0.711. The van der Waals surface area contributed by atoms with Crippen LogP contribution < -0.4 is 10.1 Å². The first kappa shape index (κ1) is 23.6. The summed E-state index contributed by atoms with van der Waals surface area (Å²) in [4.78, 5) is 26.7. The van der Waals surface area contributed by atoms with Crippen molar-refractivity contribution in [2.45, 2.75) is 13.2 Å². The lowest BCUT2D eigenvalue weighted by Gasteiger charge is -2.06. The van der Waals surface area contributed by atoms with Crippen LogP contribution in [0, 0.1) is 10.1 Å². The van der Waals surface area contributed by atoms with E-state index >= 15 is 0 Å². The number of halogens is 3. The Hall–Kier alpha value is -3.60. The number of nitrogens with one attached hydrogen (secondary N) is 1. The molecule has 0 atom stereocenters. The molecule has 0 aliphatic carbocycles. The molecule has 2 aromatic carbocycles. The molecule has 2 aromatic heterocycles. The van der Waals surface area contributed by atoms with Crippen molar-refractivity contribution >= 4 is 52.3 Å². The number of nitro benzene ring substituents is 1. The molecular formula is C21H14Cl3N5O5. The number of amides is 1. The SMILES string of the molecule is O=C(Nc1ncn(Cc2ccc(Cl)c(Cl)c2)n1)c1ccc(COc2ccc([N+](=O)[O-])cc2Cl)o1. The van der Waals surface area contributed by atoms with Gasteiger partial charge < -0.3 is 9.15 Å². The Morgan fingerprint density at radius 2 is 1.91 bits per heavy atom. The molecule has 4 aromatic rings. The predicted octanol–water partition coefficient (Wildman–Crippen LogP) is 5.62. The Labute approximate surface area is 207 Å². The quantitative estimate of drug-likeness (QED) is 0.235. The average Bonchev–Trinajstić information content (AvgIpc) is 3.45. The first-order valence-corrected chi connectivity index (χ1v) is 10.7. The Bertz CT molecular complexity index is 1370. The lowest BCUT2D eigenvalue weighted by molar-refractivity contribution is -0.384. The standard InChI is InChI=1S/C21H14Cl3N5O5/c22-15-4-1-12(7-16(15)23)9-28-11-25-21(27-28)26-20(30)19-6-3-14(34-19)10-33-18-5-2-13(29(31)32)8-17(18)24/h1-8,11H,9-10H2,(H,26,27,30). The molecular weight excluding hydrogens is 509 g/mol. The van der Waals surface area contributed by atoms with Gasteiger partial charge in [-0.25, -0.2) is 9.67 Å². The van der Waals surface area contributed by atoms with Gasteiger partial charge >= 0.3 is 0 Å². The second-order valence-corrected chi connectivity index (χ2v) is 8.12. The lowest BCUT2D eigenvalue weighted by atomic mass is 10.2. The zero-order valence-corrected chi connectivity index (χ0v) is 19.3. The first-order chi connectivity index (χ1) is 16.3. The molecule has 0 saturated heterocycles. The number of carbonyl (C=O) groups is 1. The van der Waals surface area contributed by atoms with Crippen LogP contribution in [-0.4, -0.2) is 25.6 Å². The van der Waals surface area contributed by atoms with E-state index in [-0.39, 0.29) is 34.8 Å². The van der Waals surface area contributed by atoms with Crippen molar-refractivity contribution in [1.82, 2.24) is 14.8 Å². The van der Waals surface area contributed by atoms with E-state index in [0.29, 0.717) is 22.4 Å². The summed E-state index contributed by atoms with van der Waals surface area (Å²) in [7, 11) is 0. The van der Waals surface area contributed by atoms with Crippen LogP contribution in [0.1, 0.15) is 21.9 Å². The summed E-state index contributed by atoms with van der Waals surface area (Å²) in [5.74, 6) is 0.155. The summed E-state index contributed by atoms with van der Waals surface area (Å²) in [6.07, 6.45) is 1.47. The van der Waals surface area contributed by atoms with Crippen molar-refractivity contribution < 1.29 is 18.9 Å². The molecule has 0 bridgehead atoms. The molecule has 0 aliphatic rings. The van der Waals surface area contributed by atoms with E-state index in [1.165, 1.54) is 35.3 Å². The Balaban J connectivity index is 1.34. The van der Waals surface area contributed by atoms with Crippen molar-refractivity contribution in [3.63, 3.8) is 0 Å². The zero-order chi connectivity index (χ0) is 24.2. The number of benzene rings is 2. The molecule has 0 radical (unpaired) electrons. The molecule has 0 spiro atoms. The summed E-state index contributed by atoms with van der Waals surface area (Å²) >= 11 is 17.9. The van der Waals surface area contributed by atoms with Crippen molar-refractivity contribution in [2.24, 2.45) is 0 Å². The van der Waals surface area contributed by atoms with E-state index in [1.54, 1.807) is 18.2 Å². The minimum Gasteiger partial charge on any atom is -0.484 e. The maximum absolute atomic E-state index is 12.5. The third-order valence-electron chi connectivity index (χ3n) is 4.47. The van der Waals surface area contributed by atoms with Gasteiger partial charge in [-0.05, 0) is 35.9 Å². The molecule has 34 heavy (non-hydrogen) atoms. The van der Waals surface area contributed by atoms with Crippen LogP contribution >= 0.6 is 34.8 Å². The average molecular weight is 523 g/mol. The minimum atomic E-state index is -0.557. The number of ether oxygens (including phenoxy) is 1. The number of carbonyl (C=O) groups excluding carboxylic acids is 1. The number of hydrogen-bond donors (Lipinski definition) is 1. The van der Waals surface area contributed by atoms with Gasteiger partial charge in [0, 0.05) is 12.1 Å². The number of nitro groups is 1. The number of furan rings is 1. The lowest BCUT2D eigenvalue weighted by Crippen LogP contribution is -2.12. The highest BCUT2D eigenvalue weighted by Crippen LogP contribution is 2.29. The Morgan fingerprint density at radius 1 is 1.09 bits per heavy atom. The predicted molar refractivity (Wildman–Crippen MR) is 125 cm³/mol. The van der Waals surface area contributed by atoms with Crippen molar-refractivity contribution in [1.29, 1.82) is 0 Å². The molecule has 4 rings (SSSR count). The normalized spacial score (nSPS) is 10.8. The van der Waals surface area contributed by atoms with Gasteiger partial charge in [-0.15, -0.1) is 5.10 Å². The van der Waals surface area contributed by atoms with Gasteiger partial charge in [-0.3, -0.25) is 20.2 Å². The monoisotopic (exact) mass is 521 g/mol. The van der Waals surface area contributed by atoms with Gasteiger partial charge in [0.1, 0.15) is 24.4 Å². The summed E-state index contributed by atoms with van der Waals surface area (Å²) in [5, 5.41) is 18.5. The van der Waals surface area contributed by atoms with Crippen LogP contribution in [-0.2, 0) is 13.2 Å². The van der Waals surface area contributed by atoms with E-state index in [1.807, 2.05) is 6.07 Å². The van der Waals surface area contributed by atoms with Crippen molar-refractivity contribution in [3.8, 4) is 5.75 Å². The van der Waals surface area contributed by atoms with E-state index in [4.69, 9.17) is 44.0 Å². The smallest absolute Gasteiger partial charge is 0.293 e. The van der Waals surface area contributed by atoms with Gasteiger partial charge in [0.2, 0.25) is 5.95 Å². The third-order valence-corrected chi connectivity index (χ3v) is 5.51. The second kappa shape index (κ2) is 10.1. The molecule has 13 heteroatoms. The van der Waals surface area contributed by atoms with E-state index < -0.39 is 10.8 Å². The van der Waals surface area contributed by atoms with E-state index in [9.17, 15) is 14.9 Å². The largest absolute Gasteiger partial charge is 0.484 e. The van der Waals surface area contributed by atoms with Gasteiger partial charge in [-0.2, -0.15) is 0 Å². The van der Waals surface area contributed by atoms with Crippen LogP contribution in [0.5, 0.6) is 5.75 Å². The van der Waals surface area contributed by atoms with Gasteiger partial charge in [0.25, 0.3) is 11.6 Å². The van der Waals surface area contributed by atoms with Crippen LogP contribution in [0.4, 0.5) is 11.6 Å². The Morgan fingerprint density at radius 3 is 2.65 bits per heavy atom. The second-order valence-electron chi connectivity index (χ2n) is 6.89. The van der Waals surface area contributed by atoms with Gasteiger partial charge in [0.05, 0.1) is 26.5 Å². The minimum absolute atomic E-state index is 0.0224. The number of aromatic nitrogens is 3. The number of anilines is 1. The number of nitrogens with zero attached hydrogens (tertiary/aromatic N) is 4. The summed E-state index contributed by atoms with van der Waals surface area (Å²) < 4.78 is 12.5. The van der Waals surface area contributed by atoms with Gasteiger partial charge in [-0.1, -0.05) is 40.9 Å². The Kier molecular flexibility index (Phi) is 7.01. The number of non-ortho nitro benzene ring substituents is 1. The fourth-order valence-electron chi connectivity index (χ4n) is 2.86. The number of rotatable bonds is 8. The molecule has 0 unspecified atom stereocenters. The molecule has 2 heterocycles. The molecule has 1 N–H and O–H groups in total. The van der Waals surface area contributed by atoms with E-state index in [0.717, 1.165) is 5.56 Å². The fourth-order valence-corrected chi connectivity index (χ4v) is 3.41. The van der Waals surface area contributed by atoms with Crippen LogP contribution in [0.3, 0.4) is 0 Å². The zero-order valence-electron chi connectivity index (χ0n) is 17.1. The molecule has 1 amide bonds. The van der Waals surface area contributed by atoms with E-state index in [2.05, 4.69) is 15.4 Å². The molecule has 0 fully saturated rings. The highest BCUT2D eigenvalue weighted by Gasteiger charge is 2.15. The maximum Gasteiger partial charge on any atom is 0.293 e. The topological polar surface area (TPSA) is 125 Å². The molecule has 174 valence electrons.